The van der Waals surface area contributed by atoms with E-state index >= 15 is 0 Å². The zero-order chi connectivity index (χ0) is 15.1. The van der Waals surface area contributed by atoms with Gasteiger partial charge in [-0.2, -0.15) is 4.31 Å². The standard InChI is InChI=1S/C14H20N2O4S.ClH/c1-14(9-15)4-5-16(10-14)21(17,18)11-2-3-12-13(8-11)20-7-6-19-12;/h2-3,8H,4-7,9-10,15H2,1H3;1H. The number of halogens is 1. The Kier molecular flexibility index (Phi) is 4.91. The van der Waals surface area contributed by atoms with Crippen LogP contribution in [0.25, 0.3) is 0 Å². The molecule has 2 heterocycles. The van der Waals surface area contributed by atoms with Crippen LogP contribution in [-0.2, 0) is 10.0 Å². The molecule has 1 fully saturated rings. The Balaban J connectivity index is 0.00000176. The van der Waals surface area contributed by atoms with Crippen LogP contribution in [0.2, 0.25) is 0 Å². The van der Waals surface area contributed by atoms with Crippen molar-refractivity contribution in [2.24, 2.45) is 11.1 Å². The molecule has 0 aliphatic carbocycles. The zero-order valence-corrected chi connectivity index (χ0v) is 14.1. The fourth-order valence-corrected chi connectivity index (χ4v) is 4.29. The van der Waals surface area contributed by atoms with Crippen LogP contribution in [0.5, 0.6) is 11.5 Å². The van der Waals surface area contributed by atoms with Crippen molar-refractivity contribution < 1.29 is 17.9 Å². The van der Waals surface area contributed by atoms with Crippen LogP contribution in [0.3, 0.4) is 0 Å². The SMILES string of the molecule is CC1(CN)CCN(S(=O)(=O)c2ccc3c(c2)OCCO3)C1.Cl. The van der Waals surface area contributed by atoms with E-state index in [-0.39, 0.29) is 22.7 Å². The summed E-state index contributed by atoms with van der Waals surface area (Å²) >= 11 is 0. The molecule has 3 rings (SSSR count). The lowest BCUT2D eigenvalue weighted by Crippen LogP contribution is -2.34. The minimum atomic E-state index is -3.51. The maximum Gasteiger partial charge on any atom is 0.243 e. The number of benzene rings is 1. The molecule has 8 heteroatoms. The Morgan fingerprint density at radius 1 is 1.27 bits per heavy atom. The Morgan fingerprint density at radius 3 is 2.59 bits per heavy atom. The number of ether oxygens (including phenoxy) is 2. The molecule has 22 heavy (non-hydrogen) atoms. The van der Waals surface area contributed by atoms with Crippen molar-refractivity contribution >= 4 is 22.4 Å². The van der Waals surface area contributed by atoms with E-state index in [0.29, 0.717) is 44.3 Å². The monoisotopic (exact) mass is 348 g/mol. The van der Waals surface area contributed by atoms with Gasteiger partial charge in [-0.15, -0.1) is 12.4 Å². The van der Waals surface area contributed by atoms with Crippen molar-refractivity contribution in [3.05, 3.63) is 18.2 Å². The van der Waals surface area contributed by atoms with Crippen LogP contribution in [0.1, 0.15) is 13.3 Å². The largest absolute Gasteiger partial charge is 0.486 e. The highest BCUT2D eigenvalue weighted by atomic mass is 35.5. The molecule has 1 aromatic rings. The van der Waals surface area contributed by atoms with Gasteiger partial charge in [0.05, 0.1) is 4.90 Å². The van der Waals surface area contributed by atoms with E-state index in [1.54, 1.807) is 18.2 Å². The maximum absolute atomic E-state index is 12.7. The molecule has 2 aliphatic rings. The first-order valence-corrected chi connectivity index (χ1v) is 8.49. The second kappa shape index (κ2) is 6.23. The lowest BCUT2D eigenvalue weighted by Gasteiger charge is -2.23. The van der Waals surface area contributed by atoms with Crippen LogP contribution in [0.4, 0.5) is 0 Å². The van der Waals surface area contributed by atoms with Gasteiger partial charge in [-0.3, -0.25) is 0 Å². The van der Waals surface area contributed by atoms with Crippen molar-refractivity contribution in [3.8, 4) is 11.5 Å². The van der Waals surface area contributed by atoms with Crippen LogP contribution in [0, 0.1) is 5.41 Å². The molecule has 0 aromatic heterocycles. The van der Waals surface area contributed by atoms with Crippen LogP contribution in [0.15, 0.2) is 23.1 Å². The number of fused-ring (bicyclic) bond motifs is 1. The third-order valence-corrected chi connectivity index (χ3v) is 6.01. The third-order valence-electron chi connectivity index (χ3n) is 4.17. The first-order valence-electron chi connectivity index (χ1n) is 7.05. The molecule has 1 aromatic carbocycles. The van der Waals surface area contributed by atoms with Gasteiger partial charge in [-0.1, -0.05) is 6.92 Å². The minimum Gasteiger partial charge on any atom is -0.486 e. The van der Waals surface area contributed by atoms with E-state index in [1.807, 2.05) is 6.92 Å². The molecule has 1 atom stereocenters. The van der Waals surface area contributed by atoms with E-state index in [9.17, 15) is 8.42 Å². The number of hydrogen-bond acceptors (Lipinski definition) is 5. The molecule has 0 bridgehead atoms. The summed E-state index contributed by atoms with van der Waals surface area (Å²) in [6, 6.07) is 4.77. The number of nitrogens with two attached hydrogens (primary N) is 1. The fraction of sp³-hybridized carbons (Fsp3) is 0.571. The first kappa shape index (κ1) is 17.3. The highest BCUT2D eigenvalue weighted by Gasteiger charge is 2.39. The summed E-state index contributed by atoms with van der Waals surface area (Å²) in [5.41, 5.74) is 5.61. The quantitative estimate of drug-likeness (QED) is 0.888. The van der Waals surface area contributed by atoms with Crippen molar-refractivity contribution in [3.63, 3.8) is 0 Å². The second-order valence-electron chi connectivity index (χ2n) is 5.91. The second-order valence-corrected chi connectivity index (χ2v) is 7.85. The Labute approximate surface area is 137 Å². The smallest absolute Gasteiger partial charge is 0.243 e. The predicted molar refractivity (Wildman–Crippen MR) is 85.2 cm³/mol. The molecule has 0 radical (unpaired) electrons. The Bertz CT molecular complexity index is 652. The average molecular weight is 349 g/mol. The summed E-state index contributed by atoms with van der Waals surface area (Å²) in [5.74, 6) is 1.08. The number of nitrogens with zero attached hydrogens (tertiary/aromatic N) is 1. The normalized spacial score (nSPS) is 24.8. The zero-order valence-electron chi connectivity index (χ0n) is 12.4. The molecular formula is C14H21ClN2O4S. The van der Waals surface area contributed by atoms with E-state index in [4.69, 9.17) is 15.2 Å². The Morgan fingerprint density at radius 2 is 1.95 bits per heavy atom. The minimum absolute atomic E-state index is 0. The summed E-state index contributed by atoms with van der Waals surface area (Å²) in [6.07, 6.45) is 0.785. The summed E-state index contributed by atoms with van der Waals surface area (Å²) < 4.78 is 37.8. The molecule has 0 spiro atoms. The van der Waals surface area contributed by atoms with E-state index in [0.717, 1.165) is 6.42 Å². The van der Waals surface area contributed by atoms with Gasteiger partial charge in [-0.25, -0.2) is 8.42 Å². The lowest BCUT2D eigenvalue weighted by atomic mass is 9.90. The Hall–Kier alpha value is -1.02. The van der Waals surface area contributed by atoms with Crippen LogP contribution < -0.4 is 15.2 Å². The molecule has 0 amide bonds. The van der Waals surface area contributed by atoms with Crippen molar-refractivity contribution in [2.75, 3.05) is 32.8 Å². The lowest BCUT2D eigenvalue weighted by molar-refractivity contribution is 0.171. The van der Waals surface area contributed by atoms with E-state index in [1.165, 1.54) is 4.31 Å². The molecule has 2 N–H and O–H groups in total. The van der Waals surface area contributed by atoms with Gasteiger partial charge >= 0.3 is 0 Å². The fourth-order valence-electron chi connectivity index (χ4n) is 2.68. The van der Waals surface area contributed by atoms with Crippen molar-refractivity contribution in [1.29, 1.82) is 0 Å². The molecule has 124 valence electrons. The highest BCUT2D eigenvalue weighted by Crippen LogP contribution is 2.36. The summed E-state index contributed by atoms with van der Waals surface area (Å²) in [7, 11) is -3.51. The summed E-state index contributed by atoms with van der Waals surface area (Å²) in [4.78, 5) is 0.244. The molecular weight excluding hydrogens is 328 g/mol. The molecule has 1 unspecified atom stereocenters. The van der Waals surface area contributed by atoms with Crippen LogP contribution in [-0.4, -0.2) is 45.6 Å². The van der Waals surface area contributed by atoms with Gasteiger partial charge in [-0.05, 0) is 30.5 Å². The summed E-state index contributed by atoms with van der Waals surface area (Å²) in [6.45, 7) is 4.39. The number of sulfonamides is 1. The number of rotatable bonds is 3. The molecule has 0 saturated carbocycles. The van der Waals surface area contributed by atoms with Gasteiger partial charge < -0.3 is 15.2 Å². The van der Waals surface area contributed by atoms with Crippen molar-refractivity contribution in [2.45, 2.75) is 18.2 Å². The summed E-state index contributed by atoms with van der Waals surface area (Å²) in [5, 5.41) is 0. The van der Waals surface area contributed by atoms with Gasteiger partial charge in [0.2, 0.25) is 10.0 Å². The maximum atomic E-state index is 12.7. The van der Waals surface area contributed by atoms with Gasteiger partial charge in [0.15, 0.2) is 11.5 Å². The van der Waals surface area contributed by atoms with Gasteiger partial charge in [0, 0.05) is 19.2 Å². The van der Waals surface area contributed by atoms with Gasteiger partial charge in [0.25, 0.3) is 0 Å². The average Bonchev–Trinajstić information content (AvgIpc) is 2.91. The van der Waals surface area contributed by atoms with E-state index in [2.05, 4.69) is 0 Å². The molecule has 2 aliphatic heterocycles. The van der Waals surface area contributed by atoms with Crippen molar-refractivity contribution in [1.82, 2.24) is 4.31 Å². The molecule has 6 nitrogen and oxygen atoms in total. The topological polar surface area (TPSA) is 81.9 Å². The third kappa shape index (κ3) is 3.03. The van der Waals surface area contributed by atoms with E-state index < -0.39 is 10.0 Å². The predicted octanol–water partition coefficient (Wildman–Crippen LogP) is 1.24. The van der Waals surface area contributed by atoms with Gasteiger partial charge in [0.1, 0.15) is 13.2 Å². The molecule has 1 saturated heterocycles. The first-order chi connectivity index (χ1) is 9.94. The van der Waals surface area contributed by atoms with Crippen LogP contribution >= 0.6 is 12.4 Å². The number of hydrogen-bond donors (Lipinski definition) is 1. The highest BCUT2D eigenvalue weighted by molar-refractivity contribution is 7.89.